The number of thiocarbonyl (C=S) groups is 1. The average Bonchev–Trinajstić information content (AvgIpc) is 2.61. The molecule has 0 spiro atoms. The van der Waals surface area contributed by atoms with Gasteiger partial charge < -0.3 is 14.8 Å². The predicted molar refractivity (Wildman–Crippen MR) is 113 cm³/mol. The summed E-state index contributed by atoms with van der Waals surface area (Å²) < 4.78 is 11.4. The number of nitrogens with one attached hydrogen (secondary N) is 2. The highest BCUT2D eigenvalue weighted by Gasteiger charge is 2.11. The van der Waals surface area contributed by atoms with Crippen molar-refractivity contribution in [3.63, 3.8) is 0 Å². The quantitative estimate of drug-likeness (QED) is 0.679. The molecule has 0 fully saturated rings. The first kappa shape index (κ1) is 20.7. The zero-order valence-electron chi connectivity index (χ0n) is 16.1. The highest BCUT2D eigenvalue weighted by Crippen LogP contribution is 2.24. The lowest BCUT2D eigenvalue weighted by molar-refractivity contribution is 0.0977. The largest absolute Gasteiger partial charge is 0.493 e. The van der Waals surface area contributed by atoms with Crippen molar-refractivity contribution in [2.24, 2.45) is 5.92 Å². The lowest BCUT2D eigenvalue weighted by Gasteiger charge is -2.16. The zero-order valence-corrected chi connectivity index (χ0v) is 16.9. The Kier molecular flexibility index (Phi) is 7.61. The highest BCUT2D eigenvalue weighted by molar-refractivity contribution is 7.80. The zero-order chi connectivity index (χ0) is 19.8. The Morgan fingerprint density at radius 2 is 1.70 bits per heavy atom. The summed E-state index contributed by atoms with van der Waals surface area (Å²) in [5, 5.41) is 5.90. The Hall–Kier alpha value is -2.60. The molecule has 0 bridgehead atoms. The Bertz CT molecular complexity index is 773. The number of carbonyl (C=O) groups excluding carboxylic acids is 1. The smallest absolute Gasteiger partial charge is 0.257 e. The van der Waals surface area contributed by atoms with Crippen LogP contribution in [-0.4, -0.2) is 23.7 Å². The van der Waals surface area contributed by atoms with Crippen molar-refractivity contribution in [3.8, 4) is 11.5 Å². The van der Waals surface area contributed by atoms with Gasteiger partial charge >= 0.3 is 0 Å². The molecule has 0 aliphatic heterocycles. The molecule has 2 aromatic carbocycles. The second-order valence-corrected chi connectivity index (χ2v) is 7.21. The van der Waals surface area contributed by atoms with Gasteiger partial charge in [0.1, 0.15) is 11.5 Å². The van der Waals surface area contributed by atoms with Crippen molar-refractivity contribution < 1.29 is 14.3 Å². The van der Waals surface area contributed by atoms with E-state index in [0.717, 1.165) is 5.75 Å². The summed E-state index contributed by atoms with van der Waals surface area (Å²) in [6, 6.07) is 14.4. The van der Waals surface area contributed by atoms with E-state index in [-0.39, 0.29) is 17.1 Å². The molecule has 0 atom stereocenters. The van der Waals surface area contributed by atoms with Gasteiger partial charge in [0.15, 0.2) is 5.11 Å². The topological polar surface area (TPSA) is 59.6 Å². The normalized spacial score (nSPS) is 10.6. The van der Waals surface area contributed by atoms with Crippen LogP contribution in [-0.2, 0) is 0 Å². The van der Waals surface area contributed by atoms with Crippen molar-refractivity contribution in [3.05, 3.63) is 54.1 Å². The van der Waals surface area contributed by atoms with Crippen LogP contribution in [0.2, 0.25) is 0 Å². The van der Waals surface area contributed by atoms with Gasteiger partial charge in [0.25, 0.3) is 5.91 Å². The Morgan fingerprint density at radius 3 is 2.33 bits per heavy atom. The third-order valence-corrected chi connectivity index (χ3v) is 3.63. The van der Waals surface area contributed by atoms with Crippen LogP contribution in [0, 0.1) is 5.92 Å². The van der Waals surface area contributed by atoms with Crippen LogP contribution in [0.3, 0.4) is 0 Å². The van der Waals surface area contributed by atoms with Crippen molar-refractivity contribution in [1.82, 2.24) is 5.32 Å². The molecule has 0 saturated heterocycles. The summed E-state index contributed by atoms with van der Waals surface area (Å²) in [6.07, 6.45) is 0.0348. The fraction of sp³-hybridized carbons (Fsp3) is 0.333. The summed E-state index contributed by atoms with van der Waals surface area (Å²) >= 11 is 5.26. The SMILES string of the molecule is CC(C)COc1ccc(C(=O)NC(=S)Nc2ccccc2OC(C)C)cc1. The first-order valence-electron chi connectivity index (χ1n) is 8.96. The molecule has 0 aromatic heterocycles. The number of para-hydroxylation sites is 2. The average molecular weight is 387 g/mol. The van der Waals surface area contributed by atoms with E-state index in [4.69, 9.17) is 21.7 Å². The fourth-order valence-electron chi connectivity index (χ4n) is 2.22. The van der Waals surface area contributed by atoms with Gasteiger partial charge in [0.05, 0.1) is 18.4 Å². The summed E-state index contributed by atoms with van der Waals surface area (Å²) in [5.74, 6) is 1.57. The predicted octanol–water partition coefficient (Wildman–Crippen LogP) is 4.64. The molecule has 0 unspecified atom stereocenters. The van der Waals surface area contributed by atoms with Crippen LogP contribution in [0.4, 0.5) is 5.69 Å². The molecule has 0 saturated carbocycles. The van der Waals surface area contributed by atoms with E-state index in [2.05, 4.69) is 24.5 Å². The van der Waals surface area contributed by atoms with Crippen molar-refractivity contribution in [2.45, 2.75) is 33.8 Å². The molecule has 2 aromatic rings. The highest BCUT2D eigenvalue weighted by atomic mass is 32.1. The summed E-state index contributed by atoms with van der Waals surface area (Å²) in [4.78, 5) is 12.4. The lowest BCUT2D eigenvalue weighted by atomic mass is 10.2. The van der Waals surface area contributed by atoms with Gasteiger partial charge in [0, 0.05) is 5.56 Å². The van der Waals surface area contributed by atoms with Crippen LogP contribution in [0.15, 0.2) is 48.5 Å². The number of anilines is 1. The van der Waals surface area contributed by atoms with E-state index in [1.165, 1.54) is 0 Å². The van der Waals surface area contributed by atoms with Crippen molar-refractivity contribution >= 4 is 28.9 Å². The number of carbonyl (C=O) groups is 1. The van der Waals surface area contributed by atoms with Gasteiger partial charge in [-0.15, -0.1) is 0 Å². The Balaban J connectivity index is 1.95. The number of ether oxygens (including phenoxy) is 2. The van der Waals surface area contributed by atoms with E-state index in [1.807, 2.05) is 38.1 Å². The maximum Gasteiger partial charge on any atom is 0.257 e. The van der Waals surface area contributed by atoms with Gasteiger partial charge in [0.2, 0.25) is 0 Å². The van der Waals surface area contributed by atoms with Gasteiger partial charge in [-0.1, -0.05) is 26.0 Å². The molecule has 0 aliphatic rings. The van der Waals surface area contributed by atoms with E-state index in [9.17, 15) is 4.79 Å². The molecule has 5 nitrogen and oxygen atoms in total. The molecule has 2 rings (SSSR count). The molecule has 144 valence electrons. The maximum absolute atomic E-state index is 12.4. The van der Waals surface area contributed by atoms with Crippen LogP contribution in [0.25, 0.3) is 0 Å². The fourth-order valence-corrected chi connectivity index (χ4v) is 2.42. The van der Waals surface area contributed by atoms with Crippen molar-refractivity contribution in [2.75, 3.05) is 11.9 Å². The van der Waals surface area contributed by atoms with Crippen LogP contribution < -0.4 is 20.1 Å². The van der Waals surface area contributed by atoms with E-state index in [1.54, 1.807) is 24.3 Å². The third kappa shape index (κ3) is 6.90. The van der Waals surface area contributed by atoms with Crippen LogP contribution in [0.5, 0.6) is 11.5 Å². The number of hydrogen-bond donors (Lipinski definition) is 2. The van der Waals surface area contributed by atoms with Gasteiger partial charge in [-0.05, 0) is 68.4 Å². The molecule has 2 N–H and O–H groups in total. The number of rotatable bonds is 7. The maximum atomic E-state index is 12.4. The number of amides is 1. The standard InChI is InChI=1S/C21H26N2O3S/c1-14(2)13-25-17-11-9-16(10-12-17)20(24)23-21(27)22-18-7-5-6-8-19(18)26-15(3)4/h5-12,14-15H,13H2,1-4H3,(H2,22,23,24,27). The molecular weight excluding hydrogens is 360 g/mol. The minimum absolute atomic E-state index is 0.0348. The first-order chi connectivity index (χ1) is 12.8. The molecule has 0 heterocycles. The van der Waals surface area contributed by atoms with Gasteiger partial charge in [-0.3, -0.25) is 10.1 Å². The Morgan fingerprint density at radius 1 is 1.04 bits per heavy atom. The monoisotopic (exact) mass is 386 g/mol. The molecule has 27 heavy (non-hydrogen) atoms. The summed E-state index contributed by atoms with van der Waals surface area (Å²) in [7, 11) is 0. The Labute approximate surface area is 166 Å². The lowest BCUT2D eigenvalue weighted by Crippen LogP contribution is -2.34. The van der Waals surface area contributed by atoms with Crippen molar-refractivity contribution in [1.29, 1.82) is 0 Å². The van der Waals surface area contributed by atoms with Gasteiger partial charge in [-0.25, -0.2) is 0 Å². The molecular formula is C21H26N2O3S. The second-order valence-electron chi connectivity index (χ2n) is 6.80. The number of benzene rings is 2. The van der Waals surface area contributed by atoms with Gasteiger partial charge in [-0.2, -0.15) is 0 Å². The molecule has 6 heteroatoms. The van der Waals surface area contributed by atoms with Crippen LogP contribution >= 0.6 is 12.2 Å². The molecule has 1 amide bonds. The summed E-state index contributed by atoms with van der Waals surface area (Å²) in [5.41, 5.74) is 1.21. The van der Waals surface area contributed by atoms with E-state index < -0.39 is 0 Å². The third-order valence-electron chi connectivity index (χ3n) is 3.42. The molecule has 0 radical (unpaired) electrons. The minimum Gasteiger partial charge on any atom is -0.493 e. The van der Waals surface area contributed by atoms with E-state index >= 15 is 0 Å². The summed E-state index contributed by atoms with van der Waals surface area (Å²) in [6.45, 7) is 8.70. The second kappa shape index (κ2) is 9.92. The van der Waals surface area contributed by atoms with E-state index in [0.29, 0.717) is 29.5 Å². The first-order valence-corrected chi connectivity index (χ1v) is 9.37. The minimum atomic E-state index is -0.287. The molecule has 0 aliphatic carbocycles. The van der Waals surface area contributed by atoms with Crippen LogP contribution in [0.1, 0.15) is 38.1 Å². The number of hydrogen-bond acceptors (Lipinski definition) is 4.